The van der Waals surface area contributed by atoms with Crippen LogP contribution >= 0.6 is 0 Å². The van der Waals surface area contributed by atoms with E-state index in [-0.39, 0.29) is 18.4 Å². The van der Waals surface area contributed by atoms with E-state index in [9.17, 15) is 9.59 Å². The summed E-state index contributed by atoms with van der Waals surface area (Å²) >= 11 is 0. The minimum atomic E-state index is -0.814. The number of likely N-dealkylation sites (tertiary alicyclic amines) is 1. The van der Waals surface area contributed by atoms with Gasteiger partial charge in [0.1, 0.15) is 12.7 Å². The van der Waals surface area contributed by atoms with E-state index < -0.39 is 5.97 Å². The maximum atomic E-state index is 12.9. The minimum Gasteiger partial charge on any atom is -0.481 e. The first-order valence-electron chi connectivity index (χ1n) is 8.54. The Hall–Kier alpha value is -2.70. The lowest BCUT2D eigenvalue weighted by molar-refractivity contribution is -0.137. The number of piperidine rings is 1. The normalized spacial score (nSPS) is 17.5. The van der Waals surface area contributed by atoms with E-state index in [2.05, 4.69) is 10.1 Å². The summed E-state index contributed by atoms with van der Waals surface area (Å²) in [5.74, 6) is -0.839. The third-order valence-corrected chi connectivity index (χ3v) is 4.69. The van der Waals surface area contributed by atoms with Gasteiger partial charge in [0.25, 0.3) is 5.91 Å². The Kier molecular flexibility index (Phi) is 5.11. The summed E-state index contributed by atoms with van der Waals surface area (Å²) in [6.07, 6.45) is 6.57. The first kappa shape index (κ1) is 17.1. The lowest BCUT2D eigenvalue weighted by Gasteiger charge is -2.36. The first-order valence-corrected chi connectivity index (χ1v) is 8.54. The molecular weight excluding hydrogens is 320 g/mol. The molecule has 2 heterocycles. The second kappa shape index (κ2) is 7.46. The van der Waals surface area contributed by atoms with Gasteiger partial charge in [-0.05, 0) is 56.4 Å². The molecule has 7 heteroatoms. The molecule has 1 atom stereocenters. The zero-order valence-corrected chi connectivity index (χ0v) is 14.3. The highest BCUT2D eigenvalue weighted by atomic mass is 16.4. The molecule has 1 aliphatic heterocycles. The van der Waals surface area contributed by atoms with Crippen LogP contribution in [-0.4, -0.2) is 49.2 Å². The van der Waals surface area contributed by atoms with Crippen LogP contribution in [0.15, 0.2) is 30.9 Å². The van der Waals surface area contributed by atoms with Gasteiger partial charge in [-0.1, -0.05) is 0 Å². The highest BCUT2D eigenvalue weighted by Crippen LogP contribution is 2.24. The average molecular weight is 342 g/mol. The fraction of sp³-hybridized carbons (Fsp3) is 0.444. The monoisotopic (exact) mass is 342 g/mol. The Morgan fingerprint density at radius 2 is 2.16 bits per heavy atom. The van der Waals surface area contributed by atoms with Crippen molar-refractivity contribution in [3.8, 4) is 5.69 Å². The van der Waals surface area contributed by atoms with Gasteiger partial charge in [0.05, 0.1) is 5.69 Å². The van der Waals surface area contributed by atoms with E-state index in [0.29, 0.717) is 18.5 Å². The zero-order chi connectivity index (χ0) is 17.8. The number of hydrogen-bond acceptors (Lipinski definition) is 4. The van der Waals surface area contributed by atoms with Crippen LogP contribution in [0.25, 0.3) is 5.69 Å². The van der Waals surface area contributed by atoms with Crippen molar-refractivity contribution >= 4 is 11.9 Å². The molecule has 0 aliphatic carbocycles. The molecule has 1 aromatic carbocycles. The highest BCUT2D eigenvalue weighted by Gasteiger charge is 2.28. The van der Waals surface area contributed by atoms with E-state index in [0.717, 1.165) is 30.5 Å². The molecule has 1 unspecified atom stereocenters. The number of rotatable bonds is 5. The highest BCUT2D eigenvalue weighted by molar-refractivity contribution is 5.95. The number of aryl methyl sites for hydroxylation is 1. The lowest BCUT2D eigenvalue weighted by Crippen LogP contribution is -2.44. The van der Waals surface area contributed by atoms with Crippen LogP contribution in [0.5, 0.6) is 0 Å². The number of carbonyl (C=O) groups is 2. The van der Waals surface area contributed by atoms with Crippen LogP contribution in [0.2, 0.25) is 0 Å². The van der Waals surface area contributed by atoms with Crippen molar-refractivity contribution in [1.82, 2.24) is 19.7 Å². The number of hydrogen-bond donors (Lipinski definition) is 1. The molecule has 25 heavy (non-hydrogen) atoms. The first-order chi connectivity index (χ1) is 12.1. The summed E-state index contributed by atoms with van der Waals surface area (Å²) < 4.78 is 1.67. The molecular formula is C18H22N4O3. The number of carbonyl (C=O) groups excluding carboxylic acids is 1. The van der Waals surface area contributed by atoms with E-state index in [1.165, 1.54) is 6.33 Å². The molecule has 1 saturated heterocycles. The smallest absolute Gasteiger partial charge is 0.303 e. The Bertz CT molecular complexity index is 758. The predicted octanol–water partition coefficient (Wildman–Crippen LogP) is 2.44. The van der Waals surface area contributed by atoms with Crippen LogP contribution in [0.1, 0.15) is 48.0 Å². The molecule has 7 nitrogen and oxygen atoms in total. The fourth-order valence-corrected chi connectivity index (χ4v) is 3.40. The fourth-order valence-electron chi connectivity index (χ4n) is 3.40. The van der Waals surface area contributed by atoms with Crippen molar-refractivity contribution in [3.63, 3.8) is 0 Å². The van der Waals surface area contributed by atoms with Gasteiger partial charge < -0.3 is 10.0 Å². The third-order valence-electron chi connectivity index (χ3n) is 4.69. The Morgan fingerprint density at radius 1 is 1.32 bits per heavy atom. The van der Waals surface area contributed by atoms with Crippen molar-refractivity contribution in [2.75, 3.05) is 6.54 Å². The van der Waals surface area contributed by atoms with Gasteiger partial charge in [0.15, 0.2) is 0 Å². The third kappa shape index (κ3) is 3.87. The summed E-state index contributed by atoms with van der Waals surface area (Å²) in [6, 6.07) is 5.54. The molecule has 2 aromatic rings. The molecule has 1 amide bonds. The topological polar surface area (TPSA) is 88.3 Å². The number of carboxylic acid groups (broad SMARTS) is 1. The maximum Gasteiger partial charge on any atom is 0.303 e. The van der Waals surface area contributed by atoms with Gasteiger partial charge in [-0.2, -0.15) is 5.10 Å². The predicted molar refractivity (Wildman–Crippen MR) is 91.6 cm³/mol. The van der Waals surface area contributed by atoms with Crippen molar-refractivity contribution in [2.45, 2.75) is 45.1 Å². The molecule has 0 spiro atoms. The molecule has 1 N–H and O–H groups in total. The van der Waals surface area contributed by atoms with E-state index in [1.54, 1.807) is 17.1 Å². The molecule has 1 aromatic heterocycles. The average Bonchev–Trinajstić information content (AvgIpc) is 3.13. The standard InChI is InChI=1S/C18H22N4O3/c1-13-10-14(5-7-16(13)22-12-19-11-20-22)18(25)21-9-3-2-4-15(21)6-8-17(23)24/h5,7,10-12,15H,2-4,6,8-9H2,1H3,(H,23,24). The summed E-state index contributed by atoms with van der Waals surface area (Å²) in [5.41, 5.74) is 2.45. The van der Waals surface area contributed by atoms with Crippen molar-refractivity contribution < 1.29 is 14.7 Å². The van der Waals surface area contributed by atoms with Gasteiger partial charge in [0.2, 0.25) is 0 Å². The molecule has 0 radical (unpaired) electrons. The number of benzene rings is 1. The van der Waals surface area contributed by atoms with Gasteiger partial charge in [0, 0.05) is 24.6 Å². The molecule has 132 valence electrons. The Labute approximate surface area is 146 Å². The number of nitrogens with zero attached hydrogens (tertiary/aromatic N) is 4. The number of aliphatic carboxylic acids is 1. The van der Waals surface area contributed by atoms with Crippen LogP contribution in [0.3, 0.4) is 0 Å². The van der Waals surface area contributed by atoms with Gasteiger partial charge in [-0.15, -0.1) is 0 Å². The molecule has 1 aliphatic rings. The number of carboxylic acids is 1. The van der Waals surface area contributed by atoms with Crippen LogP contribution in [0.4, 0.5) is 0 Å². The molecule has 3 rings (SSSR count). The van der Waals surface area contributed by atoms with E-state index >= 15 is 0 Å². The minimum absolute atomic E-state index is 0.00708. The van der Waals surface area contributed by atoms with Crippen LogP contribution in [-0.2, 0) is 4.79 Å². The molecule has 0 bridgehead atoms. The van der Waals surface area contributed by atoms with Crippen molar-refractivity contribution in [2.24, 2.45) is 0 Å². The Morgan fingerprint density at radius 3 is 2.84 bits per heavy atom. The quantitative estimate of drug-likeness (QED) is 0.901. The maximum absolute atomic E-state index is 12.9. The second-order valence-electron chi connectivity index (χ2n) is 6.42. The molecule has 0 saturated carbocycles. The zero-order valence-electron chi connectivity index (χ0n) is 14.3. The van der Waals surface area contributed by atoms with Crippen molar-refractivity contribution in [1.29, 1.82) is 0 Å². The van der Waals surface area contributed by atoms with Crippen molar-refractivity contribution in [3.05, 3.63) is 42.0 Å². The van der Waals surface area contributed by atoms with Crippen LogP contribution < -0.4 is 0 Å². The summed E-state index contributed by atoms with van der Waals surface area (Å²) in [6.45, 7) is 2.62. The lowest BCUT2D eigenvalue weighted by atomic mass is 9.96. The largest absolute Gasteiger partial charge is 0.481 e. The van der Waals surface area contributed by atoms with E-state index in [4.69, 9.17) is 5.11 Å². The summed E-state index contributed by atoms with van der Waals surface area (Å²) in [4.78, 5) is 29.6. The summed E-state index contributed by atoms with van der Waals surface area (Å²) in [5, 5.41) is 13.0. The van der Waals surface area contributed by atoms with E-state index in [1.807, 2.05) is 24.0 Å². The van der Waals surface area contributed by atoms with Gasteiger partial charge in [-0.25, -0.2) is 9.67 Å². The number of amides is 1. The van der Waals surface area contributed by atoms with Crippen LogP contribution in [0, 0.1) is 6.92 Å². The second-order valence-corrected chi connectivity index (χ2v) is 6.42. The number of aromatic nitrogens is 3. The molecule has 1 fully saturated rings. The SMILES string of the molecule is Cc1cc(C(=O)N2CCCCC2CCC(=O)O)ccc1-n1cncn1. The van der Waals surface area contributed by atoms with Gasteiger partial charge >= 0.3 is 5.97 Å². The van der Waals surface area contributed by atoms with Gasteiger partial charge in [-0.3, -0.25) is 9.59 Å². The summed E-state index contributed by atoms with van der Waals surface area (Å²) in [7, 11) is 0. The Balaban J connectivity index is 1.79.